The normalized spacial score (nSPS) is 10.5. The Kier molecular flexibility index (Phi) is 24.1. The maximum Gasteiger partial charge on any atom is 0.413 e. The minimum atomic E-state index is -0.719. The van der Waals surface area contributed by atoms with Gasteiger partial charge in [-0.25, -0.2) is 19.7 Å². The lowest BCUT2D eigenvalue weighted by Crippen LogP contribution is -2.43. The number of amides is 3. The van der Waals surface area contributed by atoms with Crippen LogP contribution in [0.25, 0.3) is 11.2 Å². The number of carbonyl (C=O) groups is 4. The lowest BCUT2D eigenvalue weighted by Gasteiger charge is -2.22. The number of carbonyl (C=O) groups excluding carboxylic acids is 4. The van der Waals surface area contributed by atoms with E-state index in [1.54, 1.807) is 0 Å². The van der Waals surface area contributed by atoms with E-state index in [9.17, 15) is 19.2 Å². The van der Waals surface area contributed by atoms with Crippen molar-refractivity contribution in [2.75, 3.05) is 32.1 Å². The Morgan fingerprint density at radius 1 is 0.776 bits per heavy atom. The first-order chi connectivity index (χ1) is 28.4. The van der Waals surface area contributed by atoms with Crippen LogP contribution in [0.1, 0.15) is 134 Å². The molecule has 0 saturated heterocycles. The van der Waals surface area contributed by atoms with Crippen LogP contribution in [0, 0.1) is 23.7 Å². The Morgan fingerprint density at radius 3 is 2.03 bits per heavy atom. The van der Waals surface area contributed by atoms with Crippen LogP contribution in [0.3, 0.4) is 0 Å². The van der Waals surface area contributed by atoms with Gasteiger partial charge in [0.05, 0.1) is 13.4 Å². The van der Waals surface area contributed by atoms with Crippen molar-refractivity contribution in [1.82, 2.24) is 29.7 Å². The predicted molar refractivity (Wildman–Crippen MR) is 226 cm³/mol. The molecule has 1 aromatic carbocycles. The third-order valence-electron chi connectivity index (χ3n) is 9.59. The topological polar surface area (TPSA) is 158 Å². The second-order valence-electron chi connectivity index (χ2n) is 14.4. The molecule has 0 saturated carbocycles. The first kappa shape index (κ1) is 46.9. The Hall–Kier alpha value is -5.43. The second-order valence-corrected chi connectivity index (χ2v) is 14.4. The molecule has 0 radical (unpaired) electrons. The van der Waals surface area contributed by atoms with Crippen LogP contribution in [-0.4, -0.2) is 75.0 Å². The number of nitrogens with one attached hydrogen (secondary N) is 2. The van der Waals surface area contributed by atoms with E-state index in [1.807, 2.05) is 30.3 Å². The largest absolute Gasteiger partial charge is 0.468 e. The molecule has 3 aromatic rings. The van der Waals surface area contributed by atoms with Gasteiger partial charge in [0.15, 0.2) is 17.0 Å². The maximum atomic E-state index is 13.4. The zero-order valence-corrected chi connectivity index (χ0v) is 34.7. The highest BCUT2D eigenvalue weighted by atomic mass is 16.5. The number of benzene rings is 1. The highest BCUT2D eigenvalue weighted by molar-refractivity contribution is 5.93. The monoisotopic (exact) mass is 797 g/mol. The number of imidazole rings is 1. The van der Waals surface area contributed by atoms with Crippen molar-refractivity contribution in [2.24, 2.45) is 0 Å². The quantitative estimate of drug-likeness (QED) is 0.0421. The van der Waals surface area contributed by atoms with Crippen LogP contribution in [0.5, 0.6) is 0 Å². The summed E-state index contributed by atoms with van der Waals surface area (Å²) in [6.45, 7) is 2.14. The lowest BCUT2D eigenvalue weighted by atomic mass is 10.1. The smallest absolute Gasteiger partial charge is 0.413 e. The van der Waals surface area contributed by atoms with E-state index < -0.39 is 18.0 Å². The third kappa shape index (κ3) is 20.1. The van der Waals surface area contributed by atoms with E-state index in [4.69, 9.17) is 9.47 Å². The van der Waals surface area contributed by atoms with E-state index in [-0.39, 0.29) is 50.0 Å². The van der Waals surface area contributed by atoms with Gasteiger partial charge < -0.3 is 24.3 Å². The van der Waals surface area contributed by atoms with Crippen molar-refractivity contribution in [2.45, 2.75) is 142 Å². The summed E-state index contributed by atoms with van der Waals surface area (Å²) in [7, 11) is 1.25. The number of hydrogen-bond donors (Lipinski definition) is 2. The molecule has 0 aliphatic rings. The Labute approximate surface area is 344 Å². The van der Waals surface area contributed by atoms with Crippen LogP contribution in [0.4, 0.5) is 10.6 Å². The van der Waals surface area contributed by atoms with Gasteiger partial charge >= 0.3 is 12.1 Å². The first-order valence-corrected chi connectivity index (χ1v) is 21.1. The molecule has 0 bridgehead atoms. The van der Waals surface area contributed by atoms with Crippen molar-refractivity contribution in [1.29, 1.82) is 0 Å². The molecule has 0 aliphatic carbocycles. The minimum absolute atomic E-state index is 0.0771. The molecule has 58 heavy (non-hydrogen) atoms. The van der Waals surface area contributed by atoms with Crippen LogP contribution in [0.15, 0.2) is 43.0 Å². The second kappa shape index (κ2) is 29.8. The zero-order valence-electron chi connectivity index (χ0n) is 34.7. The molecule has 2 N–H and O–H groups in total. The Morgan fingerprint density at radius 2 is 1.40 bits per heavy atom. The van der Waals surface area contributed by atoms with Gasteiger partial charge in [0.25, 0.3) is 0 Å². The van der Waals surface area contributed by atoms with Gasteiger partial charge in [-0.3, -0.25) is 19.7 Å². The number of methoxy groups -OCH3 is 1. The average Bonchev–Trinajstić information content (AvgIpc) is 3.65. The summed E-state index contributed by atoms with van der Waals surface area (Å²) in [4.78, 5) is 64.4. The van der Waals surface area contributed by atoms with E-state index in [0.29, 0.717) is 12.1 Å². The fourth-order valence-electron chi connectivity index (χ4n) is 6.24. The van der Waals surface area contributed by atoms with Gasteiger partial charge in [0, 0.05) is 32.4 Å². The fraction of sp³-hybridized carbons (Fsp3) is 0.578. The summed E-state index contributed by atoms with van der Waals surface area (Å²) in [5.41, 5.74) is 1.39. The summed E-state index contributed by atoms with van der Waals surface area (Å²) >= 11 is 0. The molecule has 3 amide bonds. The Bertz CT molecular complexity index is 1790. The number of esters is 1. The van der Waals surface area contributed by atoms with Gasteiger partial charge in [-0.15, -0.1) is 0 Å². The number of anilines is 1. The average molecular weight is 798 g/mol. The van der Waals surface area contributed by atoms with E-state index in [2.05, 4.69) is 56.2 Å². The minimum Gasteiger partial charge on any atom is -0.468 e. The molecule has 13 heteroatoms. The molecule has 13 nitrogen and oxygen atoms in total. The van der Waals surface area contributed by atoms with Gasteiger partial charge in [-0.05, 0) is 36.7 Å². The number of aromatic nitrogens is 4. The number of ether oxygens (including phenoxy) is 2. The zero-order chi connectivity index (χ0) is 41.5. The van der Waals surface area contributed by atoms with E-state index in [0.717, 1.165) is 56.9 Å². The van der Waals surface area contributed by atoms with Crippen molar-refractivity contribution in [3.8, 4) is 23.7 Å². The number of fused-ring (bicyclic) bond motifs is 1. The molecule has 2 heterocycles. The summed E-state index contributed by atoms with van der Waals surface area (Å²) < 4.78 is 11.6. The number of rotatable bonds is 28. The highest BCUT2D eigenvalue weighted by Crippen LogP contribution is 2.18. The fourth-order valence-corrected chi connectivity index (χ4v) is 6.24. The SMILES string of the molecule is CCCCCCCCCCCCC#CC#CCCCCCCCCC(=O)NCCN(CC(=O)OC)C(=O)Cn1cnc2c(NC(=O)OCc3ccccc3)ncnc21. The molecule has 0 unspecified atom stereocenters. The summed E-state index contributed by atoms with van der Waals surface area (Å²) in [6, 6.07) is 9.24. The van der Waals surface area contributed by atoms with E-state index in [1.165, 1.54) is 93.4 Å². The van der Waals surface area contributed by atoms with Crippen LogP contribution in [0.2, 0.25) is 0 Å². The molecule has 0 aliphatic heterocycles. The van der Waals surface area contributed by atoms with Crippen LogP contribution < -0.4 is 10.6 Å². The van der Waals surface area contributed by atoms with Gasteiger partial charge in [0.2, 0.25) is 11.8 Å². The molecule has 314 valence electrons. The number of unbranched alkanes of at least 4 members (excludes halogenated alkanes) is 16. The molecule has 3 rings (SSSR count). The predicted octanol–water partition coefficient (Wildman–Crippen LogP) is 8.13. The molecule has 0 fully saturated rings. The third-order valence-corrected chi connectivity index (χ3v) is 9.59. The molecule has 0 spiro atoms. The molecule has 0 atom stereocenters. The molecular formula is C45H63N7O6. The van der Waals surface area contributed by atoms with Gasteiger partial charge in [0.1, 0.15) is 26.0 Å². The van der Waals surface area contributed by atoms with Gasteiger partial charge in [-0.1, -0.05) is 133 Å². The maximum absolute atomic E-state index is 13.4. The summed E-state index contributed by atoms with van der Waals surface area (Å²) in [5, 5.41) is 5.43. The van der Waals surface area contributed by atoms with Crippen molar-refractivity contribution >= 4 is 40.9 Å². The summed E-state index contributed by atoms with van der Waals surface area (Å²) in [6.07, 6.45) is 23.6. The van der Waals surface area contributed by atoms with Crippen molar-refractivity contribution in [3.05, 3.63) is 48.5 Å². The first-order valence-electron chi connectivity index (χ1n) is 21.1. The standard InChI is InChI=1S/C45H63N7O6/c1-3-4-5-6-7-8-9-10-11-12-13-14-15-16-17-18-19-20-21-22-23-27-30-39(53)46-31-32-51(34-41(55)57-2)40(54)33-52-37-49-42-43(47-36-48-44(42)52)50-45(56)58-35-38-28-25-24-26-29-38/h24-26,28-29,36-37H,3-13,18-23,27,30-35H2,1-2H3,(H,46,53)(H,47,48,50,56). The molecule has 2 aromatic heterocycles. The van der Waals surface area contributed by atoms with Crippen LogP contribution in [-0.2, 0) is 37.0 Å². The highest BCUT2D eigenvalue weighted by Gasteiger charge is 2.21. The molecular weight excluding hydrogens is 735 g/mol. The van der Waals surface area contributed by atoms with Crippen molar-refractivity contribution in [3.63, 3.8) is 0 Å². The van der Waals surface area contributed by atoms with Crippen LogP contribution >= 0.6 is 0 Å². The lowest BCUT2D eigenvalue weighted by molar-refractivity contribution is -0.147. The number of nitrogens with zero attached hydrogens (tertiary/aromatic N) is 5. The number of hydrogen-bond acceptors (Lipinski definition) is 9. The summed E-state index contributed by atoms with van der Waals surface area (Å²) in [5.74, 6) is 11.4. The van der Waals surface area contributed by atoms with Crippen molar-refractivity contribution < 1.29 is 28.7 Å². The Balaban J connectivity index is 1.27. The van der Waals surface area contributed by atoms with E-state index >= 15 is 0 Å². The van der Waals surface area contributed by atoms with Gasteiger partial charge in [-0.2, -0.15) is 0 Å².